The third kappa shape index (κ3) is 1.01. The van der Waals surface area contributed by atoms with Crippen LogP contribution in [0.25, 0.3) is 0 Å². The first-order valence-corrected chi connectivity index (χ1v) is 4.16. The Morgan fingerprint density at radius 1 is 1.50 bits per heavy atom. The van der Waals surface area contributed by atoms with Crippen LogP contribution in [-0.2, 0) is 0 Å². The van der Waals surface area contributed by atoms with E-state index in [-0.39, 0.29) is 5.95 Å². The van der Waals surface area contributed by atoms with E-state index in [2.05, 4.69) is 17.1 Å². The highest BCUT2D eigenvalue weighted by molar-refractivity contribution is 5.19. The molecular weight excluding hydrogens is 154 g/mol. The molecule has 0 radical (unpaired) electrons. The Hall–Kier alpha value is -1.26. The molecule has 1 aromatic heterocycles. The van der Waals surface area contributed by atoms with Gasteiger partial charge in [0.25, 0.3) is 0 Å². The van der Waals surface area contributed by atoms with Crippen LogP contribution in [0.1, 0.15) is 31.5 Å². The van der Waals surface area contributed by atoms with Crippen molar-refractivity contribution in [3.8, 4) is 0 Å². The smallest absolute Gasteiger partial charge is 0.240 e. The topological polar surface area (TPSA) is 82.8 Å². The summed E-state index contributed by atoms with van der Waals surface area (Å²) in [6.45, 7) is 2.12. The molecule has 1 atom stereocenters. The number of hydrogen-bond donors (Lipinski definition) is 2. The van der Waals surface area contributed by atoms with Crippen LogP contribution in [-0.4, -0.2) is 14.9 Å². The zero-order valence-electron chi connectivity index (χ0n) is 7.07. The fourth-order valence-corrected chi connectivity index (χ4v) is 1.43. The van der Waals surface area contributed by atoms with E-state index in [1.807, 2.05) is 0 Å². The Morgan fingerprint density at radius 2 is 2.17 bits per heavy atom. The monoisotopic (exact) mass is 167 g/mol. The van der Waals surface area contributed by atoms with Gasteiger partial charge in [0.1, 0.15) is 0 Å². The molecule has 1 unspecified atom stereocenters. The third-order valence-electron chi connectivity index (χ3n) is 2.48. The summed E-state index contributed by atoms with van der Waals surface area (Å²) >= 11 is 0. The van der Waals surface area contributed by atoms with E-state index in [9.17, 15) is 0 Å². The molecule has 1 heterocycles. The van der Waals surface area contributed by atoms with Crippen LogP contribution in [0.5, 0.6) is 0 Å². The zero-order chi connectivity index (χ0) is 8.72. The van der Waals surface area contributed by atoms with E-state index in [0.717, 1.165) is 11.7 Å². The summed E-state index contributed by atoms with van der Waals surface area (Å²) in [7, 11) is 0. The van der Waals surface area contributed by atoms with Crippen molar-refractivity contribution in [2.24, 2.45) is 5.92 Å². The lowest BCUT2D eigenvalue weighted by Gasteiger charge is -2.07. The van der Waals surface area contributed by atoms with Crippen LogP contribution in [0, 0.1) is 5.92 Å². The van der Waals surface area contributed by atoms with E-state index < -0.39 is 0 Å². The van der Waals surface area contributed by atoms with Crippen molar-refractivity contribution >= 4 is 5.95 Å². The lowest BCUT2D eigenvalue weighted by molar-refractivity contribution is 0.602. The van der Waals surface area contributed by atoms with Gasteiger partial charge >= 0.3 is 0 Å². The fourth-order valence-electron chi connectivity index (χ4n) is 1.43. The van der Waals surface area contributed by atoms with Crippen molar-refractivity contribution in [1.82, 2.24) is 14.9 Å². The van der Waals surface area contributed by atoms with Crippen molar-refractivity contribution in [2.45, 2.75) is 25.7 Å². The van der Waals surface area contributed by atoms with Crippen LogP contribution < -0.4 is 11.6 Å². The minimum atomic E-state index is 0.289. The second kappa shape index (κ2) is 2.36. The van der Waals surface area contributed by atoms with Crippen molar-refractivity contribution in [1.29, 1.82) is 0 Å². The molecule has 0 spiro atoms. The van der Waals surface area contributed by atoms with Gasteiger partial charge in [0.15, 0.2) is 5.82 Å². The molecule has 0 aliphatic heterocycles. The summed E-state index contributed by atoms with van der Waals surface area (Å²) in [6.07, 6.45) is 2.54. The van der Waals surface area contributed by atoms with Crippen molar-refractivity contribution in [3.63, 3.8) is 0 Å². The summed E-state index contributed by atoms with van der Waals surface area (Å²) in [6, 6.07) is 0. The predicted molar refractivity (Wildman–Crippen MR) is 45.7 cm³/mol. The van der Waals surface area contributed by atoms with E-state index in [0.29, 0.717) is 5.92 Å². The van der Waals surface area contributed by atoms with E-state index in [1.54, 1.807) is 0 Å². The Labute approximate surface area is 70.7 Å². The molecule has 1 aliphatic rings. The van der Waals surface area contributed by atoms with E-state index >= 15 is 0 Å². The lowest BCUT2D eigenvalue weighted by atomic mass is 10.1. The highest BCUT2D eigenvalue weighted by Gasteiger charge is 2.32. The first-order valence-electron chi connectivity index (χ1n) is 4.16. The Morgan fingerprint density at radius 3 is 2.58 bits per heavy atom. The second-order valence-electron chi connectivity index (χ2n) is 3.41. The molecule has 1 aliphatic carbocycles. The van der Waals surface area contributed by atoms with E-state index in [1.165, 1.54) is 17.5 Å². The average molecular weight is 167 g/mol. The van der Waals surface area contributed by atoms with Gasteiger partial charge in [0, 0.05) is 5.92 Å². The molecule has 1 fully saturated rings. The van der Waals surface area contributed by atoms with Gasteiger partial charge in [-0.1, -0.05) is 6.92 Å². The van der Waals surface area contributed by atoms with Crippen LogP contribution in [0.4, 0.5) is 5.95 Å². The van der Waals surface area contributed by atoms with Gasteiger partial charge in [0.2, 0.25) is 5.95 Å². The van der Waals surface area contributed by atoms with Crippen molar-refractivity contribution < 1.29 is 0 Å². The van der Waals surface area contributed by atoms with Gasteiger partial charge in [-0.25, -0.2) is 4.68 Å². The van der Waals surface area contributed by atoms with Gasteiger partial charge in [-0.3, -0.25) is 0 Å². The van der Waals surface area contributed by atoms with Gasteiger partial charge in [-0.05, 0) is 18.8 Å². The van der Waals surface area contributed by atoms with E-state index in [4.69, 9.17) is 11.6 Å². The van der Waals surface area contributed by atoms with Crippen LogP contribution in [0.2, 0.25) is 0 Å². The van der Waals surface area contributed by atoms with Crippen molar-refractivity contribution in [3.05, 3.63) is 5.82 Å². The standard InChI is InChI=1S/C7H13N5/c1-4(5-2-3-5)6-10-11-7(8)12(6)9/h4-5H,2-3,9H2,1H3,(H2,8,11). The van der Waals surface area contributed by atoms with Crippen LogP contribution >= 0.6 is 0 Å². The molecule has 5 nitrogen and oxygen atoms in total. The Kier molecular flexibility index (Phi) is 1.46. The number of aromatic nitrogens is 3. The first-order chi connectivity index (χ1) is 5.70. The SMILES string of the molecule is CC(c1nnc(N)n1N)C1CC1. The number of nitrogen functional groups attached to an aromatic ring is 2. The fraction of sp³-hybridized carbons (Fsp3) is 0.714. The maximum Gasteiger partial charge on any atom is 0.240 e. The van der Waals surface area contributed by atoms with Gasteiger partial charge in [-0.15, -0.1) is 10.2 Å². The molecule has 0 aromatic carbocycles. The highest BCUT2D eigenvalue weighted by Crippen LogP contribution is 2.41. The van der Waals surface area contributed by atoms with Crippen LogP contribution in [0.3, 0.4) is 0 Å². The van der Waals surface area contributed by atoms with Gasteiger partial charge < -0.3 is 11.6 Å². The molecule has 1 aromatic rings. The third-order valence-corrected chi connectivity index (χ3v) is 2.48. The zero-order valence-corrected chi connectivity index (χ0v) is 7.07. The maximum absolute atomic E-state index is 5.64. The maximum atomic E-state index is 5.64. The Bertz CT molecular complexity index is 288. The quantitative estimate of drug-likeness (QED) is 0.611. The summed E-state index contributed by atoms with van der Waals surface area (Å²) in [5.74, 6) is 7.85. The predicted octanol–water partition coefficient (Wildman–Crippen LogP) is 0.0876. The molecule has 5 heteroatoms. The summed E-state index contributed by atoms with van der Waals surface area (Å²) < 4.78 is 1.38. The lowest BCUT2D eigenvalue weighted by Crippen LogP contribution is -2.17. The molecule has 12 heavy (non-hydrogen) atoms. The molecule has 0 saturated heterocycles. The summed E-state index contributed by atoms with van der Waals surface area (Å²) in [4.78, 5) is 0. The molecule has 0 amide bonds. The number of hydrogen-bond acceptors (Lipinski definition) is 4. The number of nitrogens with two attached hydrogens (primary N) is 2. The normalized spacial score (nSPS) is 19.4. The van der Waals surface area contributed by atoms with Gasteiger partial charge in [-0.2, -0.15) is 0 Å². The molecule has 0 bridgehead atoms. The molecular formula is C7H13N5. The van der Waals surface area contributed by atoms with Crippen LogP contribution in [0.15, 0.2) is 0 Å². The molecule has 1 saturated carbocycles. The summed E-state index contributed by atoms with van der Waals surface area (Å²) in [5.41, 5.74) is 5.46. The number of rotatable bonds is 2. The summed E-state index contributed by atoms with van der Waals surface area (Å²) in [5, 5.41) is 7.65. The Balaban J connectivity index is 2.25. The molecule has 66 valence electrons. The molecule has 4 N–H and O–H groups in total. The largest absolute Gasteiger partial charge is 0.366 e. The highest BCUT2D eigenvalue weighted by atomic mass is 15.4. The number of anilines is 1. The van der Waals surface area contributed by atoms with Crippen molar-refractivity contribution in [2.75, 3.05) is 11.6 Å². The minimum absolute atomic E-state index is 0.289. The molecule has 2 rings (SSSR count). The average Bonchev–Trinajstić information content (AvgIpc) is 2.82. The van der Waals surface area contributed by atoms with Gasteiger partial charge in [0.05, 0.1) is 0 Å². The first kappa shape index (κ1) is 7.39. The number of nitrogens with zero attached hydrogens (tertiary/aromatic N) is 3. The minimum Gasteiger partial charge on any atom is -0.366 e. The second-order valence-corrected chi connectivity index (χ2v) is 3.41.